The Morgan fingerprint density at radius 3 is 2.36 bits per heavy atom. The second kappa shape index (κ2) is 7.98. The predicted octanol–water partition coefficient (Wildman–Crippen LogP) is 5.73. The van der Waals surface area contributed by atoms with Gasteiger partial charge in [-0.2, -0.15) is 0 Å². The summed E-state index contributed by atoms with van der Waals surface area (Å²) >= 11 is 6.10. The first-order chi connectivity index (χ1) is 13.2. The van der Waals surface area contributed by atoms with E-state index in [1.165, 1.54) is 12.4 Å². The summed E-state index contributed by atoms with van der Waals surface area (Å²) in [5.74, 6) is 0.146. The molecule has 0 spiro atoms. The number of carbonyl (C=O) groups excluding carboxylic acids is 1. The van der Waals surface area contributed by atoms with Crippen LogP contribution < -0.4 is 10.6 Å². The van der Waals surface area contributed by atoms with Crippen LogP contribution in [0.1, 0.15) is 42.3 Å². The molecule has 0 aliphatic carbocycles. The normalized spacial score (nSPS) is 11.2. The van der Waals surface area contributed by atoms with Crippen molar-refractivity contribution in [3.05, 3.63) is 76.6 Å². The zero-order valence-corrected chi connectivity index (χ0v) is 17.1. The number of aryl methyl sites for hydroxylation is 1. The molecule has 144 valence electrons. The molecular weight excluding hydrogens is 372 g/mol. The third kappa shape index (κ3) is 4.67. The highest BCUT2D eigenvalue weighted by Crippen LogP contribution is 2.30. The van der Waals surface area contributed by atoms with Crippen LogP contribution in [0.25, 0.3) is 0 Å². The molecule has 0 radical (unpaired) electrons. The van der Waals surface area contributed by atoms with E-state index in [1.807, 2.05) is 31.2 Å². The van der Waals surface area contributed by atoms with Gasteiger partial charge in [0.05, 0.1) is 5.56 Å². The quantitative estimate of drug-likeness (QED) is 0.592. The molecule has 1 aromatic heterocycles. The van der Waals surface area contributed by atoms with E-state index in [0.717, 1.165) is 16.8 Å². The summed E-state index contributed by atoms with van der Waals surface area (Å²) in [6.07, 6.45) is 3.00. The third-order valence-corrected chi connectivity index (χ3v) is 4.73. The topological polar surface area (TPSA) is 66.9 Å². The number of hydrogen-bond acceptors (Lipinski definition) is 4. The van der Waals surface area contributed by atoms with Gasteiger partial charge in [0.15, 0.2) is 0 Å². The Bertz CT molecular complexity index is 994. The minimum absolute atomic E-state index is 0.0151. The highest BCUT2D eigenvalue weighted by molar-refractivity contribution is 6.31. The lowest BCUT2D eigenvalue weighted by Gasteiger charge is -2.22. The summed E-state index contributed by atoms with van der Waals surface area (Å²) in [4.78, 5) is 21.0. The van der Waals surface area contributed by atoms with Crippen molar-refractivity contribution >= 4 is 34.8 Å². The molecule has 0 aliphatic rings. The van der Waals surface area contributed by atoms with E-state index in [9.17, 15) is 4.79 Å². The monoisotopic (exact) mass is 394 g/mol. The van der Waals surface area contributed by atoms with Crippen molar-refractivity contribution in [3.63, 3.8) is 0 Å². The first kappa shape index (κ1) is 19.8. The van der Waals surface area contributed by atoms with Crippen LogP contribution in [0.2, 0.25) is 5.02 Å². The fraction of sp³-hybridized carbons (Fsp3) is 0.227. The Hall–Kier alpha value is -2.92. The number of para-hydroxylation sites is 1. The molecule has 0 saturated heterocycles. The van der Waals surface area contributed by atoms with Gasteiger partial charge >= 0.3 is 0 Å². The van der Waals surface area contributed by atoms with E-state index in [4.69, 9.17) is 11.6 Å². The van der Waals surface area contributed by atoms with Gasteiger partial charge in [0.1, 0.15) is 0 Å². The third-order valence-electron chi connectivity index (χ3n) is 4.33. The molecule has 0 aliphatic heterocycles. The maximum atomic E-state index is 12.4. The van der Waals surface area contributed by atoms with Crippen molar-refractivity contribution in [3.8, 4) is 0 Å². The summed E-state index contributed by atoms with van der Waals surface area (Å²) < 4.78 is 0. The summed E-state index contributed by atoms with van der Waals surface area (Å²) in [6, 6.07) is 13.4. The molecular formula is C22H23ClN4O. The molecule has 28 heavy (non-hydrogen) atoms. The molecule has 0 unspecified atom stereocenters. The Labute approximate surface area is 170 Å². The molecule has 3 rings (SSSR count). The number of rotatable bonds is 4. The van der Waals surface area contributed by atoms with Crippen molar-refractivity contribution in [1.29, 1.82) is 0 Å². The highest BCUT2D eigenvalue weighted by atomic mass is 35.5. The number of carbonyl (C=O) groups is 1. The van der Waals surface area contributed by atoms with E-state index in [2.05, 4.69) is 47.4 Å². The van der Waals surface area contributed by atoms with E-state index in [1.54, 1.807) is 12.1 Å². The van der Waals surface area contributed by atoms with Crippen LogP contribution in [0.4, 0.5) is 17.3 Å². The van der Waals surface area contributed by atoms with Crippen LogP contribution in [-0.4, -0.2) is 15.9 Å². The molecule has 0 fully saturated rings. The summed E-state index contributed by atoms with van der Waals surface area (Å²) in [5.41, 5.74) is 4.04. The average Bonchev–Trinajstić information content (AvgIpc) is 2.65. The Balaban J connectivity index is 1.73. The summed E-state index contributed by atoms with van der Waals surface area (Å²) in [7, 11) is 0. The number of benzene rings is 2. The SMILES string of the molecule is Cc1ccc(NC(=O)c2cnc(Nc3ccccc3C(C)(C)C)nc2)cc1Cl. The lowest BCUT2D eigenvalue weighted by atomic mass is 9.86. The molecule has 0 atom stereocenters. The van der Waals surface area contributed by atoms with Gasteiger partial charge in [0.2, 0.25) is 5.95 Å². The van der Waals surface area contributed by atoms with Gasteiger partial charge in [-0.15, -0.1) is 0 Å². The van der Waals surface area contributed by atoms with Gasteiger partial charge < -0.3 is 10.6 Å². The van der Waals surface area contributed by atoms with Gasteiger partial charge in [-0.1, -0.05) is 56.6 Å². The second-order valence-electron chi connectivity index (χ2n) is 7.63. The van der Waals surface area contributed by atoms with E-state index >= 15 is 0 Å². The van der Waals surface area contributed by atoms with Crippen molar-refractivity contribution in [2.75, 3.05) is 10.6 Å². The standard InChI is InChI=1S/C22H23ClN4O/c1-14-9-10-16(11-18(14)23)26-20(28)15-12-24-21(25-13-15)27-19-8-6-5-7-17(19)22(2,3)4/h5-13H,1-4H3,(H,26,28)(H,24,25,27). The predicted molar refractivity (Wildman–Crippen MR) is 115 cm³/mol. The molecule has 1 heterocycles. The lowest BCUT2D eigenvalue weighted by molar-refractivity contribution is 0.102. The first-order valence-electron chi connectivity index (χ1n) is 9.00. The minimum Gasteiger partial charge on any atom is -0.324 e. The number of amides is 1. The van der Waals surface area contributed by atoms with Crippen LogP contribution in [-0.2, 0) is 5.41 Å². The van der Waals surface area contributed by atoms with Crippen LogP contribution >= 0.6 is 11.6 Å². The fourth-order valence-corrected chi connectivity index (χ4v) is 2.93. The number of nitrogens with zero attached hydrogens (tertiary/aromatic N) is 2. The number of anilines is 3. The molecule has 6 heteroatoms. The average molecular weight is 395 g/mol. The first-order valence-corrected chi connectivity index (χ1v) is 9.38. The second-order valence-corrected chi connectivity index (χ2v) is 8.04. The highest BCUT2D eigenvalue weighted by Gasteiger charge is 2.18. The largest absolute Gasteiger partial charge is 0.324 e. The van der Waals surface area contributed by atoms with Crippen molar-refractivity contribution in [2.45, 2.75) is 33.1 Å². The minimum atomic E-state index is -0.290. The van der Waals surface area contributed by atoms with Gasteiger partial charge in [0.25, 0.3) is 5.91 Å². The Morgan fingerprint density at radius 2 is 1.71 bits per heavy atom. The molecule has 2 N–H and O–H groups in total. The number of halogens is 1. The van der Waals surface area contributed by atoms with E-state index in [-0.39, 0.29) is 11.3 Å². The van der Waals surface area contributed by atoms with Crippen molar-refractivity contribution in [2.24, 2.45) is 0 Å². The lowest BCUT2D eigenvalue weighted by Crippen LogP contribution is -2.15. The fourth-order valence-electron chi connectivity index (χ4n) is 2.75. The van der Waals surface area contributed by atoms with Gasteiger partial charge in [-0.3, -0.25) is 4.79 Å². The maximum Gasteiger partial charge on any atom is 0.258 e. The van der Waals surface area contributed by atoms with Gasteiger partial charge in [0, 0.05) is 28.8 Å². The summed E-state index contributed by atoms with van der Waals surface area (Å²) in [5, 5.41) is 6.64. The summed E-state index contributed by atoms with van der Waals surface area (Å²) in [6.45, 7) is 8.36. The van der Waals surface area contributed by atoms with Crippen molar-refractivity contribution in [1.82, 2.24) is 9.97 Å². The zero-order chi connectivity index (χ0) is 20.3. The molecule has 5 nitrogen and oxygen atoms in total. The Kier molecular flexibility index (Phi) is 5.66. The molecule has 0 bridgehead atoms. The molecule has 1 amide bonds. The van der Waals surface area contributed by atoms with Crippen LogP contribution in [0.3, 0.4) is 0 Å². The smallest absolute Gasteiger partial charge is 0.258 e. The van der Waals surface area contributed by atoms with Crippen LogP contribution in [0, 0.1) is 6.92 Å². The van der Waals surface area contributed by atoms with Gasteiger partial charge in [-0.05, 0) is 41.7 Å². The van der Waals surface area contributed by atoms with Crippen LogP contribution in [0.15, 0.2) is 54.9 Å². The number of aromatic nitrogens is 2. The zero-order valence-electron chi connectivity index (χ0n) is 16.4. The van der Waals surface area contributed by atoms with Gasteiger partial charge in [-0.25, -0.2) is 9.97 Å². The molecule has 0 saturated carbocycles. The van der Waals surface area contributed by atoms with E-state index < -0.39 is 0 Å². The Morgan fingerprint density at radius 1 is 1.04 bits per heavy atom. The molecule has 2 aromatic carbocycles. The molecule has 3 aromatic rings. The van der Waals surface area contributed by atoms with Crippen LogP contribution in [0.5, 0.6) is 0 Å². The number of hydrogen-bond donors (Lipinski definition) is 2. The van der Waals surface area contributed by atoms with Crippen molar-refractivity contribution < 1.29 is 4.79 Å². The maximum absolute atomic E-state index is 12.4. The van der Waals surface area contributed by atoms with E-state index in [0.29, 0.717) is 22.2 Å². The number of nitrogens with one attached hydrogen (secondary N) is 2.